The van der Waals surface area contributed by atoms with Gasteiger partial charge in [0.1, 0.15) is 10.7 Å². The van der Waals surface area contributed by atoms with E-state index in [0.29, 0.717) is 5.92 Å². The topological polar surface area (TPSA) is 37.8 Å². The zero-order chi connectivity index (χ0) is 13.2. The number of nitrogens with zero attached hydrogens (tertiary/aromatic N) is 2. The molecule has 3 rings (SSSR count). The summed E-state index contributed by atoms with van der Waals surface area (Å²) in [7, 11) is 2.02. The molecule has 0 aromatic carbocycles. The van der Waals surface area contributed by atoms with Gasteiger partial charge in [-0.2, -0.15) is 0 Å². The van der Waals surface area contributed by atoms with Crippen molar-refractivity contribution in [3.63, 3.8) is 0 Å². The number of rotatable bonds is 3. The molecule has 0 saturated carbocycles. The normalized spacial score (nSPS) is 18.3. The summed E-state index contributed by atoms with van der Waals surface area (Å²) in [4.78, 5) is 10.9. The first-order chi connectivity index (χ1) is 9.29. The summed E-state index contributed by atoms with van der Waals surface area (Å²) in [6, 6.07) is 4.09. The summed E-state index contributed by atoms with van der Waals surface area (Å²) in [6.45, 7) is 3.13. The van der Waals surface area contributed by atoms with Crippen LogP contribution in [0, 0.1) is 6.92 Å². The molecular weight excluding hydrogens is 254 g/mol. The van der Waals surface area contributed by atoms with E-state index in [1.54, 1.807) is 0 Å². The quantitative estimate of drug-likeness (QED) is 0.933. The van der Waals surface area contributed by atoms with E-state index in [4.69, 9.17) is 4.98 Å². The number of likely N-dealkylation sites (N-methyl/N-ethyl adjacent to an activating group) is 1. The highest BCUT2D eigenvalue weighted by molar-refractivity contribution is 7.15. The molecule has 4 heteroatoms. The Hall–Kier alpha value is -1.26. The molecule has 1 aliphatic rings. The number of fused-ring (bicyclic) bond motifs is 1. The Morgan fingerprint density at radius 3 is 3.16 bits per heavy atom. The average Bonchev–Trinajstić information content (AvgIpc) is 2.84. The van der Waals surface area contributed by atoms with Gasteiger partial charge in [0.2, 0.25) is 0 Å². The molecule has 19 heavy (non-hydrogen) atoms. The first-order valence-electron chi connectivity index (χ1n) is 6.85. The van der Waals surface area contributed by atoms with Crippen LogP contribution in [0.4, 0.5) is 0 Å². The molecule has 2 aromatic rings. The number of nitrogens with one attached hydrogen (secondary N) is 1. The molecule has 0 spiro atoms. The molecule has 0 fully saturated rings. The number of hydrogen-bond donors (Lipinski definition) is 1. The Labute approximate surface area is 118 Å². The van der Waals surface area contributed by atoms with E-state index >= 15 is 0 Å². The van der Waals surface area contributed by atoms with Crippen LogP contribution < -0.4 is 5.32 Å². The third kappa shape index (κ3) is 2.42. The summed E-state index contributed by atoms with van der Waals surface area (Å²) < 4.78 is 0. The van der Waals surface area contributed by atoms with Crippen LogP contribution in [0.25, 0.3) is 10.7 Å². The molecule has 0 bridgehead atoms. The fraction of sp³-hybridized carbons (Fsp3) is 0.467. The van der Waals surface area contributed by atoms with E-state index in [0.717, 1.165) is 17.2 Å². The van der Waals surface area contributed by atoms with Crippen molar-refractivity contribution in [3.8, 4) is 10.7 Å². The Bertz CT molecular complexity index is 577. The van der Waals surface area contributed by atoms with Gasteiger partial charge in [-0.15, -0.1) is 11.3 Å². The van der Waals surface area contributed by atoms with Crippen LogP contribution in [0.5, 0.6) is 0 Å². The third-order valence-corrected chi connectivity index (χ3v) is 4.87. The van der Waals surface area contributed by atoms with Crippen molar-refractivity contribution in [2.45, 2.75) is 32.1 Å². The number of aryl methyl sites for hydroxylation is 2. The Morgan fingerprint density at radius 2 is 2.37 bits per heavy atom. The lowest BCUT2D eigenvalue weighted by Gasteiger charge is -2.20. The zero-order valence-electron chi connectivity index (χ0n) is 11.4. The summed E-state index contributed by atoms with van der Waals surface area (Å²) in [5, 5.41) is 4.38. The molecule has 2 heterocycles. The number of thiazole rings is 1. The Kier molecular flexibility index (Phi) is 3.62. The van der Waals surface area contributed by atoms with Crippen LogP contribution >= 0.6 is 11.3 Å². The highest BCUT2D eigenvalue weighted by Gasteiger charge is 2.25. The minimum atomic E-state index is 0.572. The number of hydrogen-bond acceptors (Lipinski definition) is 4. The second kappa shape index (κ2) is 5.39. The highest BCUT2D eigenvalue weighted by atomic mass is 32.1. The predicted molar refractivity (Wildman–Crippen MR) is 79.7 cm³/mol. The lowest BCUT2D eigenvalue weighted by Crippen LogP contribution is -2.20. The second-order valence-corrected chi connectivity index (χ2v) is 6.23. The van der Waals surface area contributed by atoms with E-state index in [1.165, 1.54) is 35.4 Å². The SMILES string of the molecule is CNCC1CCCc2sc(-c3ncccc3C)nc21. The molecule has 0 radical (unpaired) electrons. The van der Waals surface area contributed by atoms with Crippen LogP contribution in [-0.2, 0) is 6.42 Å². The summed E-state index contributed by atoms with van der Waals surface area (Å²) in [5.74, 6) is 0.572. The summed E-state index contributed by atoms with van der Waals surface area (Å²) in [5.41, 5.74) is 3.56. The van der Waals surface area contributed by atoms with Crippen molar-refractivity contribution in [1.82, 2.24) is 15.3 Å². The second-order valence-electron chi connectivity index (χ2n) is 5.14. The Balaban J connectivity index is 2.00. The molecule has 1 atom stereocenters. The third-order valence-electron chi connectivity index (χ3n) is 3.73. The van der Waals surface area contributed by atoms with Crippen molar-refractivity contribution in [2.24, 2.45) is 0 Å². The molecule has 2 aromatic heterocycles. The van der Waals surface area contributed by atoms with Crippen LogP contribution in [0.3, 0.4) is 0 Å². The van der Waals surface area contributed by atoms with Gasteiger partial charge in [-0.05, 0) is 44.9 Å². The van der Waals surface area contributed by atoms with E-state index in [9.17, 15) is 0 Å². The first kappa shape index (κ1) is 12.8. The van der Waals surface area contributed by atoms with E-state index in [-0.39, 0.29) is 0 Å². The minimum Gasteiger partial charge on any atom is -0.319 e. The molecule has 100 valence electrons. The van der Waals surface area contributed by atoms with Gasteiger partial charge in [-0.3, -0.25) is 4.98 Å². The average molecular weight is 273 g/mol. The van der Waals surface area contributed by atoms with Crippen LogP contribution in [0.1, 0.15) is 34.9 Å². The van der Waals surface area contributed by atoms with Gasteiger partial charge < -0.3 is 5.32 Å². The molecule has 1 aliphatic carbocycles. The maximum atomic E-state index is 4.90. The molecule has 1 N–H and O–H groups in total. The maximum absolute atomic E-state index is 4.90. The molecular formula is C15H19N3S. The van der Waals surface area contributed by atoms with Crippen LogP contribution in [0.15, 0.2) is 18.3 Å². The van der Waals surface area contributed by atoms with Crippen molar-refractivity contribution in [1.29, 1.82) is 0 Å². The van der Waals surface area contributed by atoms with Gasteiger partial charge in [0, 0.05) is 23.5 Å². The molecule has 0 saturated heterocycles. The van der Waals surface area contributed by atoms with Crippen molar-refractivity contribution >= 4 is 11.3 Å². The van der Waals surface area contributed by atoms with E-state index < -0.39 is 0 Å². The van der Waals surface area contributed by atoms with Gasteiger partial charge in [0.05, 0.1) is 5.69 Å². The Morgan fingerprint density at radius 1 is 1.47 bits per heavy atom. The van der Waals surface area contributed by atoms with Gasteiger partial charge in [-0.25, -0.2) is 4.98 Å². The van der Waals surface area contributed by atoms with Gasteiger partial charge in [-0.1, -0.05) is 6.07 Å². The van der Waals surface area contributed by atoms with E-state index in [1.807, 2.05) is 30.6 Å². The highest BCUT2D eigenvalue weighted by Crippen LogP contribution is 2.38. The molecule has 0 aliphatic heterocycles. The lowest BCUT2D eigenvalue weighted by molar-refractivity contribution is 0.523. The predicted octanol–water partition coefficient (Wildman–Crippen LogP) is 3.15. The smallest absolute Gasteiger partial charge is 0.142 e. The fourth-order valence-electron chi connectivity index (χ4n) is 2.76. The lowest BCUT2D eigenvalue weighted by atomic mass is 9.91. The van der Waals surface area contributed by atoms with Crippen LogP contribution in [0.2, 0.25) is 0 Å². The number of pyridine rings is 1. The van der Waals surface area contributed by atoms with Gasteiger partial charge >= 0.3 is 0 Å². The van der Waals surface area contributed by atoms with E-state index in [2.05, 4.69) is 23.3 Å². The maximum Gasteiger partial charge on any atom is 0.142 e. The number of aromatic nitrogens is 2. The van der Waals surface area contributed by atoms with Crippen LogP contribution in [-0.4, -0.2) is 23.6 Å². The zero-order valence-corrected chi connectivity index (χ0v) is 12.3. The van der Waals surface area contributed by atoms with Crippen molar-refractivity contribution in [2.75, 3.05) is 13.6 Å². The standard InChI is InChI=1S/C15H19N3S/c1-10-5-4-8-17-13(10)15-18-14-11(9-16-2)6-3-7-12(14)19-15/h4-5,8,11,16H,3,6-7,9H2,1-2H3. The monoisotopic (exact) mass is 273 g/mol. The van der Waals surface area contributed by atoms with Gasteiger partial charge in [0.15, 0.2) is 0 Å². The minimum absolute atomic E-state index is 0.572. The molecule has 3 nitrogen and oxygen atoms in total. The largest absolute Gasteiger partial charge is 0.319 e. The fourth-order valence-corrected chi connectivity index (χ4v) is 4.01. The van der Waals surface area contributed by atoms with Gasteiger partial charge in [0.25, 0.3) is 0 Å². The molecule has 0 amide bonds. The van der Waals surface area contributed by atoms with Crippen molar-refractivity contribution < 1.29 is 0 Å². The summed E-state index contributed by atoms with van der Waals surface area (Å²) in [6.07, 6.45) is 5.56. The first-order valence-corrected chi connectivity index (χ1v) is 7.67. The molecule has 1 unspecified atom stereocenters. The summed E-state index contributed by atoms with van der Waals surface area (Å²) >= 11 is 1.83. The van der Waals surface area contributed by atoms with Crippen molar-refractivity contribution in [3.05, 3.63) is 34.5 Å².